The summed E-state index contributed by atoms with van der Waals surface area (Å²) in [4.78, 5) is 28.6. The molecule has 1 fully saturated rings. The van der Waals surface area contributed by atoms with Crippen LogP contribution in [0.3, 0.4) is 0 Å². The number of halogens is 1. The van der Waals surface area contributed by atoms with Gasteiger partial charge in [0, 0.05) is 44.6 Å². The number of nitrogens with zero attached hydrogens (tertiary/aromatic N) is 4. The van der Waals surface area contributed by atoms with Gasteiger partial charge in [0.1, 0.15) is 6.61 Å². The normalized spacial score (nSPS) is 14.3. The zero-order valence-corrected chi connectivity index (χ0v) is 13.9. The van der Waals surface area contributed by atoms with Gasteiger partial charge in [-0.15, -0.1) is 0 Å². The van der Waals surface area contributed by atoms with Crippen LogP contribution in [0.5, 0.6) is 5.75 Å². The molecule has 2 heterocycles. The van der Waals surface area contributed by atoms with E-state index in [0.717, 1.165) is 19.2 Å². The summed E-state index contributed by atoms with van der Waals surface area (Å²) in [5.41, 5.74) is -0.581. The quantitative estimate of drug-likeness (QED) is 0.598. The molecule has 1 saturated heterocycles. The van der Waals surface area contributed by atoms with Crippen molar-refractivity contribution in [3.8, 4) is 5.75 Å². The molecule has 1 aliphatic rings. The van der Waals surface area contributed by atoms with Crippen LogP contribution in [-0.4, -0.2) is 47.3 Å². The Morgan fingerprint density at radius 1 is 1.35 bits per heavy atom. The maximum absolute atomic E-state index is 13.8. The molecule has 0 bridgehead atoms. The zero-order valence-electron chi connectivity index (χ0n) is 13.9. The minimum Gasteiger partial charge on any atom is -0.489 e. The molecule has 0 amide bonds. The van der Waals surface area contributed by atoms with Crippen LogP contribution >= 0.6 is 0 Å². The van der Waals surface area contributed by atoms with Crippen molar-refractivity contribution in [3.05, 3.63) is 56.9 Å². The summed E-state index contributed by atoms with van der Waals surface area (Å²) in [7, 11) is 0. The highest BCUT2D eigenvalue weighted by Crippen LogP contribution is 2.22. The fraction of sp³-hybridized carbons (Fsp3) is 0.375. The van der Waals surface area contributed by atoms with Gasteiger partial charge in [0.25, 0.3) is 11.2 Å². The fourth-order valence-electron chi connectivity index (χ4n) is 2.68. The summed E-state index contributed by atoms with van der Waals surface area (Å²) in [5, 5.41) is 13.8. The number of hydrogen-bond donors (Lipinski definition) is 1. The molecule has 0 atom stereocenters. The number of hydrogen-bond acceptors (Lipinski definition) is 7. The summed E-state index contributed by atoms with van der Waals surface area (Å²) >= 11 is 0. The van der Waals surface area contributed by atoms with Gasteiger partial charge < -0.3 is 19.5 Å². The van der Waals surface area contributed by atoms with Gasteiger partial charge in [-0.1, -0.05) is 0 Å². The number of piperazine rings is 1. The van der Waals surface area contributed by atoms with Crippen LogP contribution in [0.1, 0.15) is 0 Å². The molecule has 1 aromatic heterocycles. The van der Waals surface area contributed by atoms with Crippen molar-refractivity contribution < 1.29 is 14.1 Å². The third-order valence-electron chi connectivity index (χ3n) is 4.03. The first-order valence-corrected chi connectivity index (χ1v) is 8.14. The Kier molecular flexibility index (Phi) is 5.42. The number of benzene rings is 1. The number of aromatic nitrogens is 2. The Hall–Kier alpha value is -3.01. The number of rotatable bonds is 6. The number of ether oxygens (including phenoxy) is 1. The van der Waals surface area contributed by atoms with E-state index in [9.17, 15) is 19.3 Å². The molecule has 1 aliphatic heterocycles. The van der Waals surface area contributed by atoms with Crippen molar-refractivity contribution in [2.45, 2.75) is 6.54 Å². The van der Waals surface area contributed by atoms with Crippen molar-refractivity contribution in [1.29, 1.82) is 0 Å². The minimum absolute atomic E-state index is 0.0413. The van der Waals surface area contributed by atoms with Crippen molar-refractivity contribution in [2.24, 2.45) is 0 Å². The van der Waals surface area contributed by atoms with Crippen LogP contribution in [0.15, 0.2) is 35.4 Å². The number of nitro benzene ring substituents is 1. The third-order valence-corrected chi connectivity index (χ3v) is 4.03. The Morgan fingerprint density at radius 2 is 2.12 bits per heavy atom. The van der Waals surface area contributed by atoms with E-state index in [0.29, 0.717) is 18.9 Å². The third kappa shape index (κ3) is 3.97. The van der Waals surface area contributed by atoms with E-state index in [2.05, 4.69) is 10.3 Å². The van der Waals surface area contributed by atoms with Gasteiger partial charge in [-0.05, 0) is 6.07 Å². The molecule has 3 rings (SSSR count). The van der Waals surface area contributed by atoms with Gasteiger partial charge in [-0.25, -0.2) is 9.37 Å². The highest BCUT2D eigenvalue weighted by molar-refractivity contribution is 5.38. The van der Waals surface area contributed by atoms with Crippen LogP contribution in [0.2, 0.25) is 0 Å². The summed E-state index contributed by atoms with van der Waals surface area (Å²) in [5.74, 6) is -0.529. The van der Waals surface area contributed by atoms with E-state index in [4.69, 9.17) is 4.74 Å². The van der Waals surface area contributed by atoms with E-state index in [-0.39, 0.29) is 30.1 Å². The summed E-state index contributed by atoms with van der Waals surface area (Å²) in [6.07, 6.45) is 3.09. The highest BCUT2D eigenvalue weighted by atomic mass is 19.1. The number of non-ortho nitro benzene ring substituents is 1. The Morgan fingerprint density at radius 3 is 2.81 bits per heavy atom. The van der Waals surface area contributed by atoms with Crippen LogP contribution in [0.4, 0.5) is 15.9 Å². The monoisotopic (exact) mass is 363 g/mol. The maximum atomic E-state index is 13.8. The predicted octanol–water partition coefficient (Wildman–Crippen LogP) is 0.779. The summed E-state index contributed by atoms with van der Waals surface area (Å²) in [6, 6.07) is 3.17. The molecule has 0 radical (unpaired) electrons. The van der Waals surface area contributed by atoms with E-state index in [1.54, 1.807) is 12.4 Å². The van der Waals surface area contributed by atoms with Crippen molar-refractivity contribution in [1.82, 2.24) is 14.9 Å². The Balaban J connectivity index is 1.65. The van der Waals surface area contributed by atoms with Gasteiger partial charge in [-0.2, -0.15) is 0 Å². The van der Waals surface area contributed by atoms with Crippen LogP contribution < -0.4 is 20.5 Å². The lowest BCUT2D eigenvalue weighted by Crippen LogP contribution is -2.46. The predicted molar refractivity (Wildman–Crippen MR) is 92.1 cm³/mol. The minimum atomic E-state index is -0.817. The molecule has 0 spiro atoms. The Bertz CT molecular complexity index is 851. The van der Waals surface area contributed by atoms with Crippen LogP contribution in [0.25, 0.3) is 0 Å². The van der Waals surface area contributed by atoms with Gasteiger partial charge >= 0.3 is 0 Å². The first-order valence-electron chi connectivity index (χ1n) is 8.14. The van der Waals surface area contributed by atoms with Crippen molar-refractivity contribution >= 4 is 11.5 Å². The smallest absolute Gasteiger partial charge is 0.293 e. The largest absolute Gasteiger partial charge is 0.489 e. The van der Waals surface area contributed by atoms with Gasteiger partial charge in [-0.3, -0.25) is 14.9 Å². The van der Waals surface area contributed by atoms with Gasteiger partial charge in [0.2, 0.25) is 0 Å². The number of nitrogens with one attached hydrogen (secondary N) is 1. The fourth-order valence-corrected chi connectivity index (χ4v) is 2.68. The second-order valence-corrected chi connectivity index (χ2v) is 5.71. The molecular formula is C16H18FN5O4. The molecular weight excluding hydrogens is 345 g/mol. The van der Waals surface area contributed by atoms with Crippen LogP contribution in [0, 0.1) is 15.9 Å². The molecule has 2 aromatic rings. The zero-order chi connectivity index (χ0) is 18.5. The first kappa shape index (κ1) is 17.8. The molecule has 138 valence electrons. The molecule has 0 aliphatic carbocycles. The molecule has 0 saturated carbocycles. The molecule has 9 nitrogen and oxygen atoms in total. The number of nitro groups is 1. The second-order valence-electron chi connectivity index (χ2n) is 5.71. The number of anilines is 1. The van der Waals surface area contributed by atoms with E-state index in [1.807, 2.05) is 4.90 Å². The lowest BCUT2D eigenvalue weighted by Gasteiger charge is -2.27. The highest BCUT2D eigenvalue weighted by Gasteiger charge is 2.16. The molecule has 0 unspecified atom stereocenters. The molecule has 1 aromatic carbocycles. The van der Waals surface area contributed by atoms with Gasteiger partial charge in [0.05, 0.1) is 17.5 Å². The second kappa shape index (κ2) is 7.91. The SMILES string of the molecule is O=c1c(N2CCNCC2)nccn1CCOc1ccc([N+](=O)[O-])cc1F. The van der Waals surface area contributed by atoms with Crippen molar-refractivity contribution in [2.75, 3.05) is 37.7 Å². The topological polar surface area (TPSA) is 103 Å². The lowest BCUT2D eigenvalue weighted by molar-refractivity contribution is -0.385. The van der Waals surface area contributed by atoms with E-state index >= 15 is 0 Å². The Labute approximate surface area is 148 Å². The molecule has 1 N–H and O–H groups in total. The first-order chi connectivity index (χ1) is 12.6. The van der Waals surface area contributed by atoms with E-state index < -0.39 is 10.7 Å². The molecule has 10 heteroatoms. The average Bonchev–Trinajstić information content (AvgIpc) is 2.65. The molecule has 26 heavy (non-hydrogen) atoms. The van der Waals surface area contributed by atoms with Crippen molar-refractivity contribution in [3.63, 3.8) is 0 Å². The maximum Gasteiger partial charge on any atom is 0.293 e. The van der Waals surface area contributed by atoms with E-state index in [1.165, 1.54) is 16.7 Å². The summed E-state index contributed by atoms with van der Waals surface area (Å²) < 4.78 is 20.6. The standard InChI is InChI=1S/C16H18FN5O4/c17-13-11-12(22(24)25)1-2-14(13)26-10-9-21-8-5-19-15(16(21)23)20-6-3-18-4-7-20/h1-2,5,8,11,18H,3-4,6-7,9-10H2. The summed E-state index contributed by atoms with van der Waals surface area (Å²) in [6.45, 7) is 3.24. The lowest BCUT2D eigenvalue weighted by atomic mass is 10.3. The van der Waals surface area contributed by atoms with Crippen LogP contribution in [-0.2, 0) is 6.54 Å². The van der Waals surface area contributed by atoms with Gasteiger partial charge in [0.15, 0.2) is 17.4 Å². The average molecular weight is 363 g/mol.